The molecule has 1 aromatic heterocycles. The summed E-state index contributed by atoms with van der Waals surface area (Å²) >= 11 is 0. The number of aromatic nitrogens is 1. The van der Waals surface area contributed by atoms with E-state index in [4.69, 9.17) is 4.98 Å². The lowest BCUT2D eigenvalue weighted by atomic mass is 9.33. The average Bonchev–Trinajstić information content (AvgIpc) is 3.12. The van der Waals surface area contributed by atoms with Gasteiger partial charge < -0.3 is 9.80 Å². The van der Waals surface area contributed by atoms with Crippen LogP contribution in [0.4, 0.5) is 34.1 Å². The highest BCUT2D eigenvalue weighted by Gasteiger charge is 2.43. The lowest BCUT2D eigenvalue weighted by molar-refractivity contribution is 1.24. The highest BCUT2D eigenvalue weighted by Crippen LogP contribution is 2.46. The summed E-state index contributed by atoms with van der Waals surface area (Å²) in [5, 5.41) is 0. The molecule has 0 saturated heterocycles. The molecule has 45 heavy (non-hydrogen) atoms. The van der Waals surface area contributed by atoms with Crippen molar-refractivity contribution in [2.45, 2.75) is 0 Å². The number of rotatable bonds is 4. The van der Waals surface area contributed by atoms with Gasteiger partial charge in [-0.2, -0.15) is 0 Å². The predicted octanol–water partition coefficient (Wildman–Crippen LogP) is 8.50. The van der Waals surface area contributed by atoms with E-state index in [1.165, 1.54) is 44.7 Å². The molecule has 0 unspecified atom stereocenters. The van der Waals surface area contributed by atoms with Crippen LogP contribution in [0, 0.1) is 0 Å². The highest BCUT2D eigenvalue weighted by atomic mass is 15.2. The minimum Gasteiger partial charge on any atom is -0.311 e. The van der Waals surface area contributed by atoms with Crippen LogP contribution in [0.15, 0.2) is 170 Å². The van der Waals surface area contributed by atoms with Crippen molar-refractivity contribution >= 4 is 57.2 Å². The normalized spacial score (nSPS) is 12.8. The maximum atomic E-state index is 4.97. The summed E-state index contributed by atoms with van der Waals surface area (Å²) in [6.45, 7) is 0.0691. The van der Waals surface area contributed by atoms with Crippen LogP contribution in [0.25, 0.3) is 22.4 Å². The second-order valence-corrected chi connectivity index (χ2v) is 11.6. The van der Waals surface area contributed by atoms with Crippen LogP contribution in [0.5, 0.6) is 0 Å². The van der Waals surface area contributed by atoms with Crippen molar-refractivity contribution in [3.05, 3.63) is 170 Å². The summed E-state index contributed by atoms with van der Waals surface area (Å²) in [5.74, 6) is 0. The van der Waals surface area contributed by atoms with Gasteiger partial charge in [-0.25, -0.2) is 0 Å². The summed E-state index contributed by atoms with van der Waals surface area (Å²) in [7, 11) is 0. The Morgan fingerprint density at radius 3 is 1.78 bits per heavy atom. The van der Waals surface area contributed by atoms with Crippen LogP contribution < -0.4 is 26.2 Å². The van der Waals surface area contributed by atoms with Crippen molar-refractivity contribution < 1.29 is 0 Å². The summed E-state index contributed by atoms with van der Waals surface area (Å²) in [5.41, 5.74) is 15.4. The monoisotopic (exact) mass is 573 g/mol. The number of anilines is 6. The average molecular weight is 574 g/mol. The third kappa shape index (κ3) is 4.03. The number of benzene rings is 6. The fourth-order valence-corrected chi connectivity index (χ4v) is 7.23. The molecule has 0 spiro atoms. The predicted molar refractivity (Wildman–Crippen MR) is 189 cm³/mol. The molecule has 0 atom stereocenters. The van der Waals surface area contributed by atoms with Crippen LogP contribution in [0.2, 0.25) is 0 Å². The van der Waals surface area contributed by atoms with E-state index in [9.17, 15) is 0 Å². The maximum absolute atomic E-state index is 4.97. The molecular formula is C41H28BN3. The van der Waals surface area contributed by atoms with E-state index in [2.05, 4.69) is 174 Å². The van der Waals surface area contributed by atoms with Gasteiger partial charge in [0.1, 0.15) is 0 Å². The van der Waals surface area contributed by atoms with Crippen molar-refractivity contribution in [3.8, 4) is 22.4 Å². The first-order chi connectivity index (χ1) is 22.4. The largest absolute Gasteiger partial charge is 0.311 e. The molecule has 3 nitrogen and oxygen atoms in total. The molecule has 4 heteroatoms. The van der Waals surface area contributed by atoms with E-state index in [0.717, 1.165) is 28.2 Å². The molecular weight excluding hydrogens is 545 g/mol. The standard InChI is InChI=1S/C41H28BN3/c1-4-14-29(15-5-1)30-26-27-43-36(28-30)33-20-12-22-35-41(33)45(32-18-8-3-9-19-32)39-25-13-24-38-40(39)42(35)34-21-10-11-23-37(34)44(38)31-16-6-2-7-17-31/h1-28H. The SMILES string of the molecule is c1ccc(-c2ccnc(-c3cccc4c3N(c3ccccc3)c3cccc5c3B4c3ccccc3N5c3ccccc3)c2)cc1. The van der Waals surface area contributed by atoms with Gasteiger partial charge in [0.05, 0.1) is 11.4 Å². The number of pyridine rings is 1. The van der Waals surface area contributed by atoms with Gasteiger partial charge >= 0.3 is 0 Å². The van der Waals surface area contributed by atoms with E-state index in [1.54, 1.807) is 0 Å². The molecule has 2 aliphatic heterocycles. The van der Waals surface area contributed by atoms with Crippen molar-refractivity contribution in [1.29, 1.82) is 0 Å². The number of hydrogen-bond donors (Lipinski definition) is 0. The molecule has 3 heterocycles. The Morgan fingerprint density at radius 1 is 0.444 bits per heavy atom. The van der Waals surface area contributed by atoms with Crippen molar-refractivity contribution in [3.63, 3.8) is 0 Å². The Bertz CT molecular complexity index is 2180. The first-order valence-electron chi connectivity index (χ1n) is 15.4. The topological polar surface area (TPSA) is 19.4 Å². The molecule has 210 valence electrons. The number of nitrogens with zero attached hydrogens (tertiary/aromatic N) is 3. The van der Waals surface area contributed by atoms with E-state index >= 15 is 0 Å². The molecule has 0 N–H and O–H groups in total. The minimum absolute atomic E-state index is 0.0691. The van der Waals surface area contributed by atoms with E-state index in [1.807, 2.05) is 6.20 Å². The van der Waals surface area contributed by atoms with Gasteiger partial charge in [-0.1, -0.05) is 109 Å². The van der Waals surface area contributed by atoms with Gasteiger partial charge in [0.2, 0.25) is 0 Å². The third-order valence-corrected chi connectivity index (χ3v) is 9.09. The van der Waals surface area contributed by atoms with E-state index in [-0.39, 0.29) is 6.71 Å². The molecule has 9 rings (SSSR count). The van der Waals surface area contributed by atoms with Crippen LogP contribution in [0.1, 0.15) is 0 Å². The Labute approximate surface area is 263 Å². The number of fused-ring (bicyclic) bond motifs is 4. The van der Waals surface area contributed by atoms with Gasteiger partial charge in [0.25, 0.3) is 6.71 Å². The zero-order valence-electron chi connectivity index (χ0n) is 24.6. The van der Waals surface area contributed by atoms with Gasteiger partial charge in [-0.05, 0) is 82.1 Å². The molecule has 0 saturated carbocycles. The molecule has 0 radical (unpaired) electrons. The molecule has 0 amide bonds. The first kappa shape index (κ1) is 25.6. The Morgan fingerprint density at radius 2 is 1.02 bits per heavy atom. The quantitative estimate of drug-likeness (QED) is 0.197. The van der Waals surface area contributed by atoms with E-state index < -0.39 is 0 Å². The first-order valence-corrected chi connectivity index (χ1v) is 15.4. The zero-order valence-corrected chi connectivity index (χ0v) is 24.6. The van der Waals surface area contributed by atoms with E-state index in [0.29, 0.717) is 0 Å². The van der Waals surface area contributed by atoms with Crippen molar-refractivity contribution in [2.75, 3.05) is 9.80 Å². The molecule has 0 aliphatic carbocycles. The number of para-hydroxylation sites is 4. The molecule has 6 aromatic carbocycles. The summed E-state index contributed by atoms with van der Waals surface area (Å²) in [4.78, 5) is 9.85. The second-order valence-electron chi connectivity index (χ2n) is 11.6. The zero-order chi connectivity index (χ0) is 29.7. The van der Waals surface area contributed by atoms with Crippen LogP contribution in [-0.2, 0) is 0 Å². The molecule has 0 bridgehead atoms. The lowest BCUT2D eigenvalue weighted by Crippen LogP contribution is -2.61. The second kappa shape index (κ2) is 10.4. The highest BCUT2D eigenvalue weighted by molar-refractivity contribution is 7.00. The summed E-state index contributed by atoms with van der Waals surface area (Å²) in [6, 6.07) is 58.7. The van der Waals surface area contributed by atoms with Crippen molar-refractivity contribution in [1.82, 2.24) is 4.98 Å². The Hall–Kier alpha value is -5.87. The van der Waals surface area contributed by atoms with Gasteiger partial charge in [0, 0.05) is 40.2 Å². The number of hydrogen-bond acceptors (Lipinski definition) is 3. The fourth-order valence-electron chi connectivity index (χ4n) is 7.23. The summed E-state index contributed by atoms with van der Waals surface area (Å²) < 4.78 is 0. The van der Waals surface area contributed by atoms with Gasteiger partial charge in [-0.3, -0.25) is 4.98 Å². The Kier molecular flexibility index (Phi) is 5.92. The smallest absolute Gasteiger partial charge is 0.252 e. The fraction of sp³-hybridized carbons (Fsp3) is 0. The minimum atomic E-state index is 0.0691. The molecule has 7 aromatic rings. The third-order valence-electron chi connectivity index (χ3n) is 9.09. The lowest BCUT2D eigenvalue weighted by Gasteiger charge is -2.44. The summed E-state index contributed by atoms with van der Waals surface area (Å²) in [6.07, 6.45) is 1.94. The van der Waals surface area contributed by atoms with Crippen molar-refractivity contribution in [2.24, 2.45) is 0 Å². The van der Waals surface area contributed by atoms with Crippen LogP contribution >= 0.6 is 0 Å². The molecule has 2 aliphatic rings. The van der Waals surface area contributed by atoms with Gasteiger partial charge in [-0.15, -0.1) is 0 Å². The Balaban J connectivity index is 1.34. The van der Waals surface area contributed by atoms with Crippen LogP contribution in [0.3, 0.4) is 0 Å². The van der Waals surface area contributed by atoms with Crippen LogP contribution in [-0.4, -0.2) is 11.7 Å². The molecule has 0 fully saturated rings. The van der Waals surface area contributed by atoms with Gasteiger partial charge in [0.15, 0.2) is 0 Å². The maximum Gasteiger partial charge on any atom is 0.252 e.